The quantitative estimate of drug-likeness (QED) is 0.930. The smallest absolute Gasteiger partial charge is 0.251 e. The first-order valence-corrected chi connectivity index (χ1v) is 8.76. The minimum absolute atomic E-state index is 0.0463. The zero-order chi connectivity index (χ0) is 17.8. The number of anilines is 1. The molecule has 1 N–H and O–H groups in total. The fraction of sp³-hybridized carbons (Fsp3) is 0.400. The Hall–Kier alpha value is -2.40. The third kappa shape index (κ3) is 4.57. The Bertz CT molecular complexity index is 714. The number of hydrogen-bond acceptors (Lipinski definition) is 4. The van der Waals surface area contributed by atoms with E-state index in [0.717, 1.165) is 48.7 Å². The van der Waals surface area contributed by atoms with Crippen molar-refractivity contribution in [3.63, 3.8) is 0 Å². The predicted molar refractivity (Wildman–Crippen MR) is 101 cm³/mol. The van der Waals surface area contributed by atoms with Crippen LogP contribution in [0.15, 0.2) is 36.5 Å². The summed E-state index contributed by atoms with van der Waals surface area (Å²) in [4.78, 5) is 21.5. The fourth-order valence-electron chi connectivity index (χ4n) is 3.13. The Morgan fingerprint density at radius 3 is 2.36 bits per heavy atom. The van der Waals surface area contributed by atoms with Gasteiger partial charge in [0, 0.05) is 44.5 Å². The molecule has 1 aromatic heterocycles. The van der Waals surface area contributed by atoms with E-state index in [4.69, 9.17) is 0 Å². The number of aromatic nitrogens is 1. The summed E-state index contributed by atoms with van der Waals surface area (Å²) >= 11 is 0. The summed E-state index contributed by atoms with van der Waals surface area (Å²) in [6.07, 6.45) is 1.86. The topological polar surface area (TPSA) is 48.5 Å². The lowest BCUT2D eigenvalue weighted by Gasteiger charge is -2.33. The van der Waals surface area contributed by atoms with E-state index in [2.05, 4.69) is 33.2 Å². The maximum Gasteiger partial charge on any atom is 0.251 e. The first-order valence-electron chi connectivity index (χ1n) is 8.76. The number of nitrogens with one attached hydrogen (secondary N) is 1. The van der Waals surface area contributed by atoms with Crippen LogP contribution in [0.1, 0.15) is 27.0 Å². The van der Waals surface area contributed by atoms with Crippen molar-refractivity contribution in [3.8, 4) is 0 Å². The van der Waals surface area contributed by atoms with E-state index in [1.807, 2.05) is 44.3 Å². The molecular weight excluding hydrogens is 312 g/mol. The maximum atomic E-state index is 12.3. The van der Waals surface area contributed by atoms with Gasteiger partial charge in [-0.3, -0.25) is 4.79 Å². The second-order valence-electron chi connectivity index (χ2n) is 6.87. The van der Waals surface area contributed by atoms with Crippen molar-refractivity contribution < 1.29 is 4.79 Å². The number of hydrogen-bond donors (Lipinski definition) is 1. The summed E-state index contributed by atoms with van der Waals surface area (Å²) in [5.74, 6) is 0.965. The molecule has 0 bridgehead atoms. The summed E-state index contributed by atoms with van der Waals surface area (Å²) in [7, 11) is 2.15. The van der Waals surface area contributed by atoms with Crippen molar-refractivity contribution in [2.45, 2.75) is 20.4 Å². The highest BCUT2D eigenvalue weighted by atomic mass is 16.1. The van der Waals surface area contributed by atoms with Gasteiger partial charge >= 0.3 is 0 Å². The first-order chi connectivity index (χ1) is 12.0. The van der Waals surface area contributed by atoms with Crippen molar-refractivity contribution in [2.75, 3.05) is 38.1 Å². The first kappa shape index (κ1) is 17.4. The highest BCUT2D eigenvalue weighted by Crippen LogP contribution is 2.14. The largest absolute Gasteiger partial charge is 0.354 e. The van der Waals surface area contributed by atoms with Crippen LogP contribution in [-0.2, 0) is 6.54 Å². The van der Waals surface area contributed by atoms with E-state index in [0.29, 0.717) is 12.1 Å². The van der Waals surface area contributed by atoms with E-state index in [1.165, 1.54) is 0 Å². The molecule has 1 fully saturated rings. The molecule has 5 heteroatoms. The molecule has 132 valence electrons. The maximum absolute atomic E-state index is 12.3. The Morgan fingerprint density at radius 1 is 1.08 bits per heavy atom. The Labute approximate surface area is 149 Å². The van der Waals surface area contributed by atoms with Gasteiger partial charge in [-0.05, 0) is 44.7 Å². The van der Waals surface area contributed by atoms with Crippen LogP contribution in [0.5, 0.6) is 0 Å². The molecule has 2 heterocycles. The van der Waals surface area contributed by atoms with Crippen LogP contribution in [0.3, 0.4) is 0 Å². The Morgan fingerprint density at radius 2 is 1.76 bits per heavy atom. The van der Waals surface area contributed by atoms with Crippen LogP contribution in [0.25, 0.3) is 0 Å². The molecule has 1 amide bonds. The lowest BCUT2D eigenvalue weighted by molar-refractivity contribution is 0.0950. The van der Waals surface area contributed by atoms with Gasteiger partial charge in [0.15, 0.2) is 0 Å². The summed E-state index contributed by atoms with van der Waals surface area (Å²) in [5, 5.41) is 2.98. The van der Waals surface area contributed by atoms with Gasteiger partial charge in [-0.1, -0.05) is 23.3 Å². The zero-order valence-corrected chi connectivity index (χ0v) is 15.2. The normalized spacial score (nSPS) is 15.2. The molecule has 2 aromatic rings. The number of aryl methyl sites for hydroxylation is 2. The van der Waals surface area contributed by atoms with Crippen LogP contribution in [0.4, 0.5) is 5.82 Å². The molecule has 5 nitrogen and oxygen atoms in total. The summed E-state index contributed by atoms with van der Waals surface area (Å²) < 4.78 is 0. The minimum atomic E-state index is -0.0463. The molecular formula is C20H26N4O. The summed E-state index contributed by atoms with van der Waals surface area (Å²) in [6, 6.07) is 9.98. The number of carbonyl (C=O) groups excluding carboxylic acids is 1. The highest BCUT2D eigenvalue weighted by molar-refractivity contribution is 5.94. The molecule has 1 aliphatic heterocycles. The molecule has 0 unspecified atom stereocenters. The molecule has 1 aromatic carbocycles. The van der Waals surface area contributed by atoms with Crippen LogP contribution in [0.2, 0.25) is 0 Å². The third-order valence-electron chi connectivity index (χ3n) is 4.57. The van der Waals surface area contributed by atoms with Crippen molar-refractivity contribution in [1.82, 2.24) is 15.2 Å². The third-order valence-corrected chi connectivity index (χ3v) is 4.57. The van der Waals surface area contributed by atoms with E-state index in [1.54, 1.807) is 0 Å². The lowest BCUT2D eigenvalue weighted by Crippen LogP contribution is -2.44. The van der Waals surface area contributed by atoms with Crippen molar-refractivity contribution in [2.24, 2.45) is 0 Å². The van der Waals surface area contributed by atoms with Gasteiger partial charge in [-0.15, -0.1) is 0 Å². The fourth-order valence-corrected chi connectivity index (χ4v) is 3.13. The van der Waals surface area contributed by atoms with Crippen molar-refractivity contribution >= 4 is 11.7 Å². The molecule has 0 atom stereocenters. The SMILES string of the molecule is Cc1cc(C)cc(C(=O)NCc2ccc(N3CCN(C)CC3)nc2)c1. The minimum Gasteiger partial charge on any atom is -0.354 e. The van der Waals surface area contributed by atoms with Crippen LogP contribution in [-0.4, -0.2) is 49.0 Å². The molecule has 0 spiro atoms. The van der Waals surface area contributed by atoms with Gasteiger partial charge < -0.3 is 15.1 Å². The molecule has 3 rings (SSSR count). The average Bonchev–Trinajstić information content (AvgIpc) is 2.60. The van der Waals surface area contributed by atoms with Gasteiger partial charge in [0.2, 0.25) is 0 Å². The molecule has 25 heavy (non-hydrogen) atoms. The molecule has 1 saturated heterocycles. The van der Waals surface area contributed by atoms with Gasteiger partial charge in [0.25, 0.3) is 5.91 Å². The van der Waals surface area contributed by atoms with Crippen molar-refractivity contribution in [3.05, 3.63) is 58.8 Å². The predicted octanol–water partition coefficient (Wildman–Crippen LogP) is 2.38. The van der Waals surface area contributed by atoms with Crippen molar-refractivity contribution in [1.29, 1.82) is 0 Å². The lowest BCUT2D eigenvalue weighted by atomic mass is 10.1. The second kappa shape index (κ2) is 7.66. The molecule has 0 aliphatic carbocycles. The monoisotopic (exact) mass is 338 g/mol. The number of nitrogens with zero attached hydrogens (tertiary/aromatic N) is 3. The van der Waals surface area contributed by atoms with Gasteiger partial charge in [-0.2, -0.15) is 0 Å². The van der Waals surface area contributed by atoms with E-state index in [-0.39, 0.29) is 5.91 Å². The number of pyridine rings is 1. The molecule has 1 aliphatic rings. The van der Waals surface area contributed by atoms with Gasteiger partial charge in [-0.25, -0.2) is 4.98 Å². The number of piperazine rings is 1. The number of carbonyl (C=O) groups is 1. The Kier molecular flexibility index (Phi) is 5.34. The highest BCUT2D eigenvalue weighted by Gasteiger charge is 2.15. The number of amides is 1. The molecule has 0 saturated carbocycles. The van der Waals surface area contributed by atoms with E-state index >= 15 is 0 Å². The van der Waals surface area contributed by atoms with Crippen LogP contribution < -0.4 is 10.2 Å². The summed E-state index contributed by atoms with van der Waals surface area (Å²) in [6.45, 7) is 8.64. The number of benzene rings is 1. The summed E-state index contributed by atoms with van der Waals surface area (Å²) in [5.41, 5.74) is 3.92. The van der Waals surface area contributed by atoms with Crippen LogP contribution in [0, 0.1) is 13.8 Å². The van der Waals surface area contributed by atoms with Gasteiger partial charge in [0.05, 0.1) is 0 Å². The standard InChI is InChI=1S/C20H26N4O/c1-15-10-16(2)12-18(11-15)20(25)22-14-17-4-5-19(21-13-17)24-8-6-23(3)7-9-24/h4-5,10-13H,6-9,14H2,1-3H3,(H,22,25). The molecule has 0 radical (unpaired) electrons. The van der Waals surface area contributed by atoms with E-state index in [9.17, 15) is 4.79 Å². The Balaban J connectivity index is 1.57. The number of rotatable bonds is 4. The van der Waals surface area contributed by atoms with E-state index < -0.39 is 0 Å². The van der Waals surface area contributed by atoms with Gasteiger partial charge in [0.1, 0.15) is 5.82 Å². The zero-order valence-electron chi connectivity index (χ0n) is 15.2. The average molecular weight is 338 g/mol. The van der Waals surface area contributed by atoms with Crippen LogP contribution >= 0.6 is 0 Å². The second-order valence-corrected chi connectivity index (χ2v) is 6.87. The number of likely N-dealkylation sites (N-methyl/N-ethyl adjacent to an activating group) is 1.